The number of phenols is 1. The molecule has 1 unspecified atom stereocenters. The average molecular weight is 352 g/mol. The van der Waals surface area contributed by atoms with Crippen LogP contribution in [0, 0.1) is 0 Å². The summed E-state index contributed by atoms with van der Waals surface area (Å²) < 4.78 is 10.9. The number of ketones is 2. The molecule has 0 spiro atoms. The predicted octanol–water partition coefficient (Wildman–Crippen LogP) is 3.04. The summed E-state index contributed by atoms with van der Waals surface area (Å²) in [5, 5.41) is 10.1. The third-order valence-electron chi connectivity index (χ3n) is 5.39. The van der Waals surface area contributed by atoms with Crippen LogP contribution in [0.3, 0.4) is 0 Å². The summed E-state index contributed by atoms with van der Waals surface area (Å²) >= 11 is 0. The van der Waals surface area contributed by atoms with Crippen molar-refractivity contribution in [2.75, 3.05) is 13.9 Å². The zero-order valence-corrected chi connectivity index (χ0v) is 14.8. The molecule has 2 aliphatic carbocycles. The number of aromatic hydroxyl groups is 1. The van der Waals surface area contributed by atoms with Gasteiger partial charge in [-0.3, -0.25) is 9.59 Å². The van der Waals surface area contributed by atoms with Crippen molar-refractivity contribution in [3.63, 3.8) is 0 Å². The van der Waals surface area contributed by atoms with Crippen LogP contribution in [0.15, 0.2) is 30.3 Å². The molecule has 0 aromatic heterocycles. The number of phenolic OH excluding ortho intramolecular Hbond substituents is 1. The van der Waals surface area contributed by atoms with Gasteiger partial charge in [0.25, 0.3) is 0 Å². The van der Waals surface area contributed by atoms with Crippen molar-refractivity contribution >= 4 is 11.6 Å². The van der Waals surface area contributed by atoms with Crippen molar-refractivity contribution in [3.05, 3.63) is 63.7 Å². The lowest BCUT2D eigenvalue weighted by Crippen LogP contribution is -2.37. The molecule has 5 nitrogen and oxygen atoms in total. The number of hydrogen-bond acceptors (Lipinski definition) is 5. The molecule has 134 valence electrons. The molecule has 2 aliphatic rings. The van der Waals surface area contributed by atoms with E-state index in [2.05, 4.69) is 0 Å². The van der Waals surface area contributed by atoms with E-state index < -0.39 is 0 Å². The van der Waals surface area contributed by atoms with E-state index in [1.54, 1.807) is 25.3 Å². The molecule has 0 fully saturated rings. The van der Waals surface area contributed by atoms with Crippen LogP contribution in [-0.4, -0.2) is 36.2 Å². The fraction of sp³-hybridized carbons (Fsp3) is 0.333. The van der Waals surface area contributed by atoms with E-state index in [1.807, 2.05) is 13.0 Å². The van der Waals surface area contributed by atoms with E-state index in [0.717, 1.165) is 17.5 Å². The molecule has 0 aliphatic heterocycles. The van der Waals surface area contributed by atoms with Gasteiger partial charge in [0.2, 0.25) is 0 Å². The number of carbonyl (C=O) groups excluding carboxylic acids is 2. The van der Waals surface area contributed by atoms with E-state index in [4.69, 9.17) is 9.47 Å². The van der Waals surface area contributed by atoms with Gasteiger partial charge < -0.3 is 14.6 Å². The quantitative estimate of drug-likeness (QED) is 0.734. The Morgan fingerprint density at radius 3 is 2.58 bits per heavy atom. The first-order valence-electron chi connectivity index (χ1n) is 8.64. The van der Waals surface area contributed by atoms with Crippen LogP contribution in [0.1, 0.15) is 56.3 Å². The lowest BCUT2D eigenvalue weighted by molar-refractivity contribution is -0.127. The summed E-state index contributed by atoms with van der Waals surface area (Å²) in [4.78, 5) is 26.0. The predicted molar refractivity (Wildman–Crippen MR) is 94.8 cm³/mol. The third-order valence-corrected chi connectivity index (χ3v) is 5.39. The number of methoxy groups -OCH3 is 1. The van der Waals surface area contributed by atoms with Gasteiger partial charge in [-0.15, -0.1) is 0 Å². The van der Waals surface area contributed by atoms with Crippen LogP contribution in [0.4, 0.5) is 0 Å². The SMILES string of the molecule is COCOC1(C)CCc2c(ccc3c2C(=O)c2cccc(O)c2C3=O)C1. The molecular formula is C21H20O5. The second kappa shape index (κ2) is 6.04. The number of rotatable bonds is 3. The molecule has 2 aromatic carbocycles. The van der Waals surface area contributed by atoms with Gasteiger partial charge in [-0.1, -0.05) is 18.2 Å². The van der Waals surface area contributed by atoms with Crippen molar-refractivity contribution in [2.45, 2.75) is 31.8 Å². The maximum absolute atomic E-state index is 13.1. The van der Waals surface area contributed by atoms with Gasteiger partial charge in [0, 0.05) is 30.2 Å². The van der Waals surface area contributed by atoms with Crippen LogP contribution in [-0.2, 0) is 22.3 Å². The Morgan fingerprint density at radius 2 is 1.81 bits per heavy atom. The Balaban J connectivity index is 1.80. The van der Waals surface area contributed by atoms with Crippen molar-refractivity contribution in [1.82, 2.24) is 0 Å². The summed E-state index contributed by atoms with van der Waals surface area (Å²) in [6.07, 6.45) is 2.06. The fourth-order valence-corrected chi connectivity index (χ4v) is 4.03. The Bertz CT molecular complexity index is 930. The van der Waals surface area contributed by atoms with Crippen molar-refractivity contribution in [2.24, 2.45) is 0 Å². The van der Waals surface area contributed by atoms with Crippen LogP contribution in [0.5, 0.6) is 5.75 Å². The molecule has 2 aromatic rings. The number of hydrogen-bond donors (Lipinski definition) is 1. The maximum Gasteiger partial charge on any atom is 0.198 e. The van der Waals surface area contributed by atoms with E-state index >= 15 is 0 Å². The topological polar surface area (TPSA) is 72.8 Å². The highest BCUT2D eigenvalue weighted by atomic mass is 16.7. The minimum Gasteiger partial charge on any atom is -0.507 e. The van der Waals surface area contributed by atoms with Crippen LogP contribution in [0.25, 0.3) is 0 Å². The number of carbonyl (C=O) groups is 2. The maximum atomic E-state index is 13.1. The third kappa shape index (κ3) is 2.47. The van der Waals surface area contributed by atoms with Crippen molar-refractivity contribution in [1.29, 1.82) is 0 Å². The monoisotopic (exact) mass is 352 g/mol. The molecule has 0 amide bonds. The molecule has 1 N–H and O–H groups in total. The first-order chi connectivity index (χ1) is 12.4. The largest absolute Gasteiger partial charge is 0.507 e. The standard InChI is InChI=1S/C21H20O5/c1-21(26-11-25-2)9-8-13-12(10-21)6-7-15-17(13)19(23)14-4-3-5-16(22)18(14)20(15)24/h3-7,22H,8-11H2,1-2H3. The molecule has 26 heavy (non-hydrogen) atoms. The van der Waals surface area contributed by atoms with Gasteiger partial charge in [0.05, 0.1) is 11.2 Å². The Labute approximate surface area is 151 Å². The minimum atomic E-state index is -0.352. The first-order valence-corrected chi connectivity index (χ1v) is 8.64. The molecule has 0 saturated heterocycles. The Hall–Kier alpha value is -2.50. The molecule has 4 rings (SSSR count). The van der Waals surface area contributed by atoms with E-state index in [9.17, 15) is 14.7 Å². The number of ether oxygens (including phenoxy) is 2. The summed E-state index contributed by atoms with van der Waals surface area (Å²) in [5.74, 6) is -0.631. The minimum absolute atomic E-state index is 0.106. The highest BCUT2D eigenvalue weighted by Crippen LogP contribution is 2.39. The fourth-order valence-electron chi connectivity index (χ4n) is 4.03. The molecule has 1 atom stereocenters. The van der Waals surface area contributed by atoms with E-state index in [1.165, 1.54) is 6.07 Å². The van der Waals surface area contributed by atoms with Gasteiger partial charge in [0.1, 0.15) is 12.5 Å². The molecule has 5 heteroatoms. The summed E-state index contributed by atoms with van der Waals surface area (Å²) in [5.41, 5.74) is 2.85. The highest BCUT2D eigenvalue weighted by Gasteiger charge is 2.38. The Kier molecular flexibility index (Phi) is 3.93. The zero-order chi connectivity index (χ0) is 18.5. The smallest absolute Gasteiger partial charge is 0.198 e. The molecule has 0 radical (unpaired) electrons. The van der Waals surface area contributed by atoms with Crippen LogP contribution >= 0.6 is 0 Å². The van der Waals surface area contributed by atoms with Crippen molar-refractivity contribution < 1.29 is 24.2 Å². The Morgan fingerprint density at radius 1 is 1.08 bits per heavy atom. The lowest BCUT2D eigenvalue weighted by Gasteiger charge is -2.36. The number of benzene rings is 2. The summed E-state index contributed by atoms with van der Waals surface area (Å²) in [7, 11) is 1.59. The van der Waals surface area contributed by atoms with Gasteiger partial charge in [0.15, 0.2) is 11.6 Å². The lowest BCUT2D eigenvalue weighted by atomic mass is 9.74. The first kappa shape index (κ1) is 16.9. The second-order valence-corrected chi connectivity index (χ2v) is 7.16. The van der Waals surface area contributed by atoms with E-state index in [-0.39, 0.29) is 40.8 Å². The zero-order valence-electron chi connectivity index (χ0n) is 14.8. The van der Waals surface area contributed by atoms with E-state index in [0.29, 0.717) is 24.0 Å². The average Bonchev–Trinajstić information content (AvgIpc) is 2.63. The molecule has 0 saturated carbocycles. The molecule has 0 heterocycles. The van der Waals surface area contributed by atoms with Gasteiger partial charge in [-0.2, -0.15) is 0 Å². The van der Waals surface area contributed by atoms with Gasteiger partial charge in [-0.05, 0) is 43.0 Å². The summed E-state index contributed by atoms with van der Waals surface area (Å²) in [6.45, 7) is 2.26. The molecule has 0 bridgehead atoms. The summed E-state index contributed by atoms with van der Waals surface area (Å²) in [6, 6.07) is 8.23. The van der Waals surface area contributed by atoms with Gasteiger partial charge >= 0.3 is 0 Å². The normalized spacial score (nSPS) is 21.2. The second-order valence-electron chi connectivity index (χ2n) is 7.16. The highest BCUT2D eigenvalue weighted by molar-refractivity contribution is 6.29. The van der Waals surface area contributed by atoms with Crippen LogP contribution in [0.2, 0.25) is 0 Å². The number of fused-ring (bicyclic) bond motifs is 4. The molecular weight excluding hydrogens is 332 g/mol. The van der Waals surface area contributed by atoms with Gasteiger partial charge in [-0.25, -0.2) is 0 Å². The van der Waals surface area contributed by atoms with Crippen molar-refractivity contribution in [3.8, 4) is 5.75 Å². The van der Waals surface area contributed by atoms with Crippen LogP contribution < -0.4 is 0 Å².